The standard InChI is InChI=1S/C18H23N3OS/c1-23-17-9-6-15(12-20-17)18(22)21-16-7-4-13(5-8-16)14-3-2-10-19-11-14/h4,6-9,12-14,19H,2-3,5,10-11H2,1H3,(H,21,22)/t13?,14-/m1/s1. The lowest BCUT2D eigenvalue weighted by atomic mass is 9.82. The number of carbonyl (C=O) groups excluding carboxylic acids is 1. The monoisotopic (exact) mass is 329 g/mol. The quantitative estimate of drug-likeness (QED) is 0.834. The molecule has 1 fully saturated rings. The van der Waals surface area contributed by atoms with Crippen molar-refractivity contribution in [2.75, 3.05) is 19.3 Å². The average molecular weight is 329 g/mol. The zero-order valence-electron chi connectivity index (χ0n) is 13.4. The van der Waals surface area contributed by atoms with E-state index in [1.165, 1.54) is 12.8 Å². The minimum Gasteiger partial charge on any atom is -0.322 e. The summed E-state index contributed by atoms with van der Waals surface area (Å²) < 4.78 is 0. The van der Waals surface area contributed by atoms with E-state index in [9.17, 15) is 4.79 Å². The normalized spacial score (nSPS) is 24.1. The molecule has 3 rings (SSSR count). The number of carbonyl (C=O) groups is 1. The summed E-state index contributed by atoms with van der Waals surface area (Å²) in [5.41, 5.74) is 1.49. The number of hydrogen-bond donors (Lipinski definition) is 2. The molecule has 1 aliphatic heterocycles. The van der Waals surface area contributed by atoms with Gasteiger partial charge in [-0.1, -0.05) is 12.2 Å². The maximum Gasteiger partial charge on any atom is 0.257 e. The molecule has 1 unspecified atom stereocenters. The summed E-state index contributed by atoms with van der Waals surface area (Å²) in [5.74, 6) is 1.21. The zero-order chi connectivity index (χ0) is 16.1. The van der Waals surface area contributed by atoms with Gasteiger partial charge in [0.05, 0.1) is 10.6 Å². The van der Waals surface area contributed by atoms with Crippen LogP contribution >= 0.6 is 11.8 Å². The van der Waals surface area contributed by atoms with Crippen molar-refractivity contribution in [1.29, 1.82) is 0 Å². The van der Waals surface area contributed by atoms with E-state index in [1.807, 2.05) is 24.5 Å². The highest BCUT2D eigenvalue weighted by Crippen LogP contribution is 2.27. The number of nitrogens with one attached hydrogen (secondary N) is 2. The number of thioether (sulfide) groups is 1. The first-order valence-electron chi connectivity index (χ1n) is 8.17. The Labute approximate surface area is 141 Å². The van der Waals surface area contributed by atoms with Gasteiger partial charge in [-0.3, -0.25) is 4.79 Å². The Kier molecular flexibility index (Phi) is 5.51. The summed E-state index contributed by atoms with van der Waals surface area (Å²) in [6.07, 6.45) is 13.6. The Balaban J connectivity index is 1.55. The fourth-order valence-electron chi connectivity index (χ4n) is 3.16. The van der Waals surface area contributed by atoms with E-state index in [0.29, 0.717) is 11.5 Å². The van der Waals surface area contributed by atoms with Gasteiger partial charge in [0.1, 0.15) is 0 Å². The first kappa shape index (κ1) is 16.3. The first-order chi connectivity index (χ1) is 11.3. The van der Waals surface area contributed by atoms with Gasteiger partial charge in [-0.15, -0.1) is 11.8 Å². The van der Waals surface area contributed by atoms with Crippen LogP contribution < -0.4 is 10.6 Å². The van der Waals surface area contributed by atoms with E-state index in [0.717, 1.165) is 36.2 Å². The Morgan fingerprint density at radius 1 is 1.43 bits per heavy atom. The van der Waals surface area contributed by atoms with E-state index in [2.05, 4.69) is 27.8 Å². The van der Waals surface area contributed by atoms with E-state index in [-0.39, 0.29) is 5.91 Å². The summed E-state index contributed by atoms with van der Waals surface area (Å²) in [7, 11) is 0. The van der Waals surface area contributed by atoms with Gasteiger partial charge in [-0.25, -0.2) is 4.98 Å². The Morgan fingerprint density at radius 2 is 2.35 bits per heavy atom. The second kappa shape index (κ2) is 7.79. The predicted molar refractivity (Wildman–Crippen MR) is 94.4 cm³/mol. The SMILES string of the molecule is CSc1ccc(C(=O)NC2=CCC([C@@H]3CCCNC3)C=C2)cn1. The molecule has 4 nitrogen and oxygen atoms in total. The first-order valence-corrected chi connectivity index (χ1v) is 9.39. The molecule has 2 atom stereocenters. The molecule has 0 saturated carbocycles. The predicted octanol–water partition coefficient (Wildman–Crippen LogP) is 2.99. The molecule has 1 aliphatic carbocycles. The van der Waals surface area contributed by atoms with Crippen molar-refractivity contribution in [1.82, 2.24) is 15.6 Å². The van der Waals surface area contributed by atoms with Crippen LogP contribution in [0.5, 0.6) is 0 Å². The average Bonchev–Trinajstić information content (AvgIpc) is 2.63. The van der Waals surface area contributed by atoms with Gasteiger partial charge >= 0.3 is 0 Å². The van der Waals surface area contributed by atoms with Crippen molar-refractivity contribution in [3.8, 4) is 0 Å². The van der Waals surface area contributed by atoms with Gasteiger partial charge in [0.25, 0.3) is 5.91 Å². The molecule has 122 valence electrons. The second-order valence-electron chi connectivity index (χ2n) is 6.07. The van der Waals surface area contributed by atoms with Crippen molar-refractivity contribution < 1.29 is 4.79 Å². The molecule has 0 aromatic carbocycles. The molecule has 23 heavy (non-hydrogen) atoms. The van der Waals surface area contributed by atoms with Crippen molar-refractivity contribution in [2.24, 2.45) is 11.8 Å². The van der Waals surface area contributed by atoms with Gasteiger partial charge in [-0.2, -0.15) is 0 Å². The molecular weight excluding hydrogens is 306 g/mol. The van der Waals surface area contributed by atoms with Crippen LogP contribution in [0.4, 0.5) is 0 Å². The van der Waals surface area contributed by atoms with Crippen LogP contribution in [0, 0.1) is 11.8 Å². The number of piperidine rings is 1. The van der Waals surface area contributed by atoms with Crippen molar-refractivity contribution in [2.45, 2.75) is 24.3 Å². The van der Waals surface area contributed by atoms with Gasteiger partial charge < -0.3 is 10.6 Å². The lowest BCUT2D eigenvalue weighted by Crippen LogP contribution is -2.34. The topological polar surface area (TPSA) is 54.0 Å². The molecule has 1 amide bonds. The molecule has 0 radical (unpaired) electrons. The number of pyridine rings is 1. The Bertz CT molecular complexity index is 603. The molecule has 2 heterocycles. The minimum absolute atomic E-state index is 0.0983. The summed E-state index contributed by atoms with van der Waals surface area (Å²) in [4.78, 5) is 16.5. The van der Waals surface area contributed by atoms with Crippen LogP contribution in [0.15, 0.2) is 47.3 Å². The molecule has 1 saturated heterocycles. The highest BCUT2D eigenvalue weighted by atomic mass is 32.2. The maximum absolute atomic E-state index is 12.3. The van der Waals surface area contributed by atoms with E-state index in [4.69, 9.17) is 0 Å². The highest BCUT2D eigenvalue weighted by Gasteiger charge is 2.22. The van der Waals surface area contributed by atoms with Crippen LogP contribution in [0.2, 0.25) is 0 Å². The lowest BCUT2D eigenvalue weighted by Gasteiger charge is -2.30. The minimum atomic E-state index is -0.0983. The molecule has 5 heteroatoms. The van der Waals surface area contributed by atoms with E-state index in [1.54, 1.807) is 18.0 Å². The van der Waals surface area contributed by atoms with Gasteiger partial charge in [0.15, 0.2) is 0 Å². The smallest absolute Gasteiger partial charge is 0.257 e. The van der Waals surface area contributed by atoms with Crippen LogP contribution in [-0.2, 0) is 0 Å². The third kappa shape index (κ3) is 4.24. The van der Waals surface area contributed by atoms with Gasteiger partial charge in [0.2, 0.25) is 0 Å². The zero-order valence-corrected chi connectivity index (χ0v) is 14.2. The number of hydrogen-bond acceptors (Lipinski definition) is 4. The largest absolute Gasteiger partial charge is 0.322 e. The third-order valence-corrected chi connectivity index (χ3v) is 5.20. The van der Waals surface area contributed by atoms with Crippen molar-refractivity contribution in [3.63, 3.8) is 0 Å². The molecular formula is C18H23N3OS. The number of allylic oxidation sites excluding steroid dienone is 3. The lowest BCUT2D eigenvalue weighted by molar-refractivity contribution is 0.0966. The Hall–Kier alpha value is -1.59. The fourth-order valence-corrected chi connectivity index (χ4v) is 3.52. The number of nitrogens with zero attached hydrogens (tertiary/aromatic N) is 1. The van der Waals surface area contributed by atoms with Gasteiger partial charge in [0, 0.05) is 11.9 Å². The molecule has 2 N–H and O–H groups in total. The molecule has 2 aliphatic rings. The summed E-state index contributed by atoms with van der Waals surface area (Å²) >= 11 is 1.57. The number of amides is 1. The number of aromatic nitrogens is 1. The van der Waals surface area contributed by atoms with Gasteiger partial charge in [-0.05, 0) is 68.7 Å². The van der Waals surface area contributed by atoms with E-state index < -0.39 is 0 Å². The molecule has 0 bridgehead atoms. The summed E-state index contributed by atoms with van der Waals surface area (Å²) in [5, 5.41) is 7.36. The van der Waals surface area contributed by atoms with Crippen LogP contribution in [0.3, 0.4) is 0 Å². The third-order valence-electron chi connectivity index (χ3n) is 4.54. The fraction of sp³-hybridized carbons (Fsp3) is 0.444. The number of rotatable bonds is 4. The second-order valence-corrected chi connectivity index (χ2v) is 6.89. The van der Waals surface area contributed by atoms with Crippen LogP contribution in [0.1, 0.15) is 29.6 Å². The van der Waals surface area contributed by atoms with Crippen LogP contribution in [-0.4, -0.2) is 30.2 Å². The van der Waals surface area contributed by atoms with E-state index >= 15 is 0 Å². The maximum atomic E-state index is 12.3. The summed E-state index contributed by atoms with van der Waals surface area (Å²) in [6, 6.07) is 3.69. The highest BCUT2D eigenvalue weighted by molar-refractivity contribution is 7.98. The molecule has 0 spiro atoms. The molecule has 1 aromatic rings. The Morgan fingerprint density at radius 3 is 2.96 bits per heavy atom. The van der Waals surface area contributed by atoms with Crippen molar-refractivity contribution >= 4 is 17.7 Å². The summed E-state index contributed by atoms with van der Waals surface area (Å²) in [6.45, 7) is 2.26. The van der Waals surface area contributed by atoms with Crippen molar-refractivity contribution in [3.05, 3.63) is 47.8 Å². The van der Waals surface area contributed by atoms with Crippen LogP contribution in [0.25, 0.3) is 0 Å². The molecule has 1 aromatic heterocycles.